The summed E-state index contributed by atoms with van der Waals surface area (Å²) in [6.45, 7) is 0.227. The second-order valence-electron chi connectivity index (χ2n) is 7.35. The minimum Gasteiger partial charge on any atom is -0.496 e. The van der Waals surface area contributed by atoms with Crippen LogP contribution in [-0.4, -0.2) is 29.7 Å². The van der Waals surface area contributed by atoms with Crippen molar-refractivity contribution in [3.63, 3.8) is 0 Å². The fourth-order valence-electron chi connectivity index (χ4n) is 3.86. The molecule has 0 unspecified atom stereocenters. The topological polar surface area (TPSA) is 70.5 Å². The van der Waals surface area contributed by atoms with Gasteiger partial charge in [0.1, 0.15) is 11.5 Å². The number of hydrogen-bond acceptors (Lipinski definition) is 6. The summed E-state index contributed by atoms with van der Waals surface area (Å²) in [6.07, 6.45) is 5.27. The van der Waals surface area contributed by atoms with Gasteiger partial charge in [-0.1, -0.05) is 18.2 Å². The maximum Gasteiger partial charge on any atom is 0.231 e. The number of rotatable bonds is 6. The van der Waals surface area contributed by atoms with Gasteiger partial charge in [-0.05, 0) is 42.7 Å². The van der Waals surface area contributed by atoms with E-state index in [1.165, 1.54) is 0 Å². The first-order valence-corrected chi connectivity index (χ1v) is 9.57. The molecule has 1 saturated carbocycles. The average molecular weight is 388 g/mol. The summed E-state index contributed by atoms with van der Waals surface area (Å²) in [5.74, 6) is 2.32. The first-order chi connectivity index (χ1) is 14.2. The SMILES string of the molecule is COc1ccccc1-c1cncc(CC(=O)C2(c3ccc4c(c3)OCO4)CC2)n1. The highest BCUT2D eigenvalue weighted by molar-refractivity contribution is 5.94. The Balaban J connectivity index is 1.40. The molecule has 5 rings (SSSR count). The third-order valence-electron chi connectivity index (χ3n) is 5.62. The van der Waals surface area contributed by atoms with Crippen molar-refractivity contribution < 1.29 is 19.0 Å². The Hall–Kier alpha value is -3.41. The predicted molar refractivity (Wildman–Crippen MR) is 106 cm³/mol. The summed E-state index contributed by atoms with van der Waals surface area (Å²) in [5.41, 5.74) is 2.74. The van der Waals surface area contributed by atoms with Crippen molar-refractivity contribution in [2.75, 3.05) is 13.9 Å². The van der Waals surface area contributed by atoms with E-state index in [-0.39, 0.29) is 19.0 Å². The lowest BCUT2D eigenvalue weighted by Crippen LogP contribution is -2.23. The zero-order valence-corrected chi connectivity index (χ0v) is 16.1. The molecule has 0 radical (unpaired) electrons. The minimum absolute atomic E-state index is 0.155. The number of fused-ring (bicyclic) bond motifs is 1. The van der Waals surface area contributed by atoms with E-state index in [4.69, 9.17) is 14.2 Å². The van der Waals surface area contributed by atoms with Gasteiger partial charge in [-0.15, -0.1) is 0 Å². The average Bonchev–Trinajstić information content (AvgIpc) is 3.45. The normalized spacial score (nSPS) is 15.8. The molecule has 2 heterocycles. The molecule has 0 N–H and O–H groups in total. The van der Waals surface area contributed by atoms with Crippen LogP contribution in [0.2, 0.25) is 0 Å². The maximum atomic E-state index is 13.2. The molecule has 0 spiro atoms. The third-order valence-corrected chi connectivity index (χ3v) is 5.62. The van der Waals surface area contributed by atoms with Gasteiger partial charge in [-0.3, -0.25) is 9.78 Å². The van der Waals surface area contributed by atoms with Crippen LogP contribution >= 0.6 is 0 Å². The molecule has 3 aromatic rings. The second kappa shape index (κ2) is 6.88. The number of hydrogen-bond donors (Lipinski definition) is 0. The van der Waals surface area contributed by atoms with Gasteiger partial charge in [0, 0.05) is 11.8 Å². The molecule has 1 fully saturated rings. The number of benzene rings is 2. The molecule has 2 aromatic carbocycles. The van der Waals surface area contributed by atoms with Crippen LogP contribution in [0.15, 0.2) is 54.9 Å². The van der Waals surface area contributed by atoms with Gasteiger partial charge < -0.3 is 14.2 Å². The van der Waals surface area contributed by atoms with Crippen LogP contribution in [0.5, 0.6) is 17.2 Å². The number of ether oxygens (including phenoxy) is 3. The number of carbonyl (C=O) groups excluding carboxylic acids is 1. The van der Waals surface area contributed by atoms with Crippen molar-refractivity contribution in [2.24, 2.45) is 0 Å². The first kappa shape index (κ1) is 17.7. The number of Topliss-reactive ketones (excluding diaryl/α,β-unsaturated/α-hetero) is 1. The molecule has 146 valence electrons. The van der Waals surface area contributed by atoms with Crippen molar-refractivity contribution in [3.05, 3.63) is 66.1 Å². The maximum absolute atomic E-state index is 13.2. The van der Waals surface area contributed by atoms with E-state index < -0.39 is 5.41 Å². The van der Waals surface area contributed by atoms with E-state index >= 15 is 0 Å². The lowest BCUT2D eigenvalue weighted by Gasteiger charge is -2.15. The van der Waals surface area contributed by atoms with Crippen molar-refractivity contribution in [1.29, 1.82) is 0 Å². The van der Waals surface area contributed by atoms with Gasteiger partial charge in [0.05, 0.1) is 36.5 Å². The Morgan fingerprint density at radius 3 is 2.76 bits per heavy atom. The molecule has 2 aliphatic rings. The number of carbonyl (C=O) groups is 1. The first-order valence-electron chi connectivity index (χ1n) is 9.57. The van der Waals surface area contributed by atoms with Gasteiger partial charge in [-0.2, -0.15) is 0 Å². The van der Waals surface area contributed by atoms with E-state index in [0.717, 1.165) is 35.5 Å². The Morgan fingerprint density at radius 2 is 1.93 bits per heavy atom. The van der Waals surface area contributed by atoms with Crippen LogP contribution in [0.1, 0.15) is 24.1 Å². The molecule has 6 heteroatoms. The molecule has 6 nitrogen and oxygen atoms in total. The number of ketones is 1. The molecular formula is C23H20N2O4. The summed E-state index contributed by atoms with van der Waals surface area (Å²) in [4.78, 5) is 22.2. The number of methoxy groups -OCH3 is 1. The van der Waals surface area contributed by atoms with Crippen LogP contribution in [0.3, 0.4) is 0 Å². The fraction of sp³-hybridized carbons (Fsp3) is 0.261. The van der Waals surface area contributed by atoms with Crippen LogP contribution in [0.4, 0.5) is 0 Å². The van der Waals surface area contributed by atoms with Crippen molar-refractivity contribution in [3.8, 4) is 28.5 Å². The van der Waals surface area contributed by atoms with Gasteiger partial charge in [-0.25, -0.2) is 4.98 Å². The van der Waals surface area contributed by atoms with Crippen LogP contribution < -0.4 is 14.2 Å². The third kappa shape index (κ3) is 3.10. The summed E-state index contributed by atoms with van der Waals surface area (Å²) in [6, 6.07) is 13.4. The van der Waals surface area contributed by atoms with Gasteiger partial charge in [0.2, 0.25) is 6.79 Å². The van der Waals surface area contributed by atoms with Crippen LogP contribution in [0.25, 0.3) is 11.3 Å². The van der Waals surface area contributed by atoms with Crippen molar-refractivity contribution in [1.82, 2.24) is 9.97 Å². The molecule has 0 saturated heterocycles. The molecule has 1 aliphatic carbocycles. The monoisotopic (exact) mass is 388 g/mol. The van der Waals surface area contributed by atoms with E-state index in [1.54, 1.807) is 19.5 Å². The lowest BCUT2D eigenvalue weighted by atomic mass is 9.88. The Kier molecular flexibility index (Phi) is 4.19. The molecule has 0 atom stereocenters. The molecule has 0 bridgehead atoms. The molecule has 1 aromatic heterocycles. The number of nitrogens with zero attached hydrogens (tertiary/aromatic N) is 2. The van der Waals surface area contributed by atoms with Crippen molar-refractivity contribution >= 4 is 5.78 Å². The van der Waals surface area contributed by atoms with E-state index in [0.29, 0.717) is 17.1 Å². The highest BCUT2D eigenvalue weighted by Crippen LogP contribution is 2.51. The summed E-state index contributed by atoms with van der Waals surface area (Å²) in [5, 5.41) is 0. The Morgan fingerprint density at radius 1 is 1.10 bits per heavy atom. The molecule has 1 aliphatic heterocycles. The molecule has 0 amide bonds. The summed E-state index contributed by atoms with van der Waals surface area (Å²) >= 11 is 0. The zero-order chi connectivity index (χ0) is 19.8. The van der Waals surface area contributed by atoms with Gasteiger partial charge >= 0.3 is 0 Å². The number of para-hydroxylation sites is 1. The second-order valence-corrected chi connectivity index (χ2v) is 7.35. The van der Waals surface area contributed by atoms with Crippen LogP contribution in [0, 0.1) is 0 Å². The van der Waals surface area contributed by atoms with E-state index in [9.17, 15) is 4.79 Å². The Bertz CT molecular complexity index is 1090. The minimum atomic E-state index is -0.455. The van der Waals surface area contributed by atoms with Crippen LogP contribution in [-0.2, 0) is 16.6 Å². The lowest BCUT2D eigenvalue weighted by molar-refractivity contribution is -0.120. The highest BCUT2D eigenvalue weighted by Gasteiger charge is 2.51. The molecule has 29 heavy (non-hydrogen) atoms. The standard InChI is InChI=1S/C23H20N2O4/c1-27-19-5-3-2-4-17(19)18-13-24-12-16(25-18)11-22(26)23(8-9-23)15-6-7-20-21(10-15)29-14-28-20/h2-7,10,12-13H,8-9,11,14H2,1H3. The smallest absolute Gasteiger partial charge is 0.231 e. The summed E-state index contributed by atoms with van der Waals surface area (Å²) in [7, 11) is 1.63. The largest absolute Gasteiger partial charge is 0.496 e. The fourth-order valence-corrected chi connectivity index (χ4v) is 3.86. The van der Waals surface area contributed by atoms with E-state index in [2.05, 4.69) is 9.97 Å². The quantitative estimate of drug-likeness (QED) is 0.641. The zero-order valence-electron chi connectivity index (χ0n) is 16.1. The molecular weight excluding hydrogens is 368 g/mol. The predicted octanol–water partition coefficient (Wildman–Crippen LogP) is 3.72. The van der Waals surface area contributed by atoms with Gasteiger partial charge in [0.15, 0.2) is 11.5 Å². The highest BCUT2D eigenvalue weighted by atomic mass is 16.7. The number of aromatic nitrogens is 2. The van der Waals surface area contributed by atoms with Crippen molar-refractivity contribution in [2.45, 2.75) is 24.7 Å². The summed E-state index contributed by atoms with van der Waals surface area (Å²) < 4.78 is 16.3. The van der Waals surface area contributed by atoms with E-state index in [1.807, 2.05) is 42.5 Å². The van der Waals surface area contributed by atoms with Gasteiger partial charge in [0.25, 0.3) is 0 Å². The Labute approximate surface area is 168 Å².